The molecule has 3 rings (SSSR count). The minimum Gasteiger partial charge on any atom is -0.623 e. The van der Waals surface area contributed by atoms with Crippen LogP contribution in [0.3, 0.4) is 0 Å². The summed E-state index contributed by atoms with van der Waals surface area (Å²) in [6, 6.07) is 18.7. The molecule has 1 unspecified atom stereocenters. The van der Waals surface area contributed by atoms with Gasteiger partial charge in [-0.3, -0.25) is 0 Å². The molecule has 0 spiro atoms. The molecule has 0 fully saturated rings. The summed E-state index contributed by atoms with van der Waals surface area (Å²) in [7, 11) is -2.95. The molecule has 3 nitrogen and oxygen atoms in total. The third kappa shape index (κ3) is 2.08. The van der Waals surface area contributed by atoms with E-state index in [9.17, 15) is 9.77 Å². The van der Waals surface area contributed by atoms with E-state index in [-0.39, 0.29) is 0 Å². The van der Waals surface area contributed by atoms with Crippen molar-refractivity contribution in [1.82, 2.24) is 0 Å². The number of benzene rings is 2. The van der Waals surface area contributed by atoms with Gasteiger partial charge in [0.05, 0.1) is 0 Å². The highest BCUT2D eigenvalue weighted by Gasteiger charge is 2.44. The first-order chi connectivity index (χ1) is 9.73. The van der Waals surface area contributed by atoms with Crippen LogP contribution in [0.2, 0.25) is 0 Å². The number of hydroxylamine groups is 1. The second kappa shape index (κ2) is 5.26. The van der Waals surface area contributed by atoms with E-state index in [2.05, 4.69) is 0 Å². The third-order valence-electron chi connectivity index (χ3n) is 3.73. The Morgan fingerprint density at radius 1 is 0.950 bits per heavy atom. The first-order valence-corrected chi connectivity index (χ1v) is 8.50. The predicted molar refractivity (Wildman–Crippen MR) is 82.5 cm³/mol. The van der Waals surface area contributed by atoms with Crippen LogP contribution in [-0.2, 0) is 4.57 Å². The molecule has 1 heterocycles. The number of hydrogen-bond acceptors (Lipinski definition) is 2. The molecule has 20 heavy (non-hydrogen) atoms. The third-order valence-corrected chi connectivity index (χ3v) is 7.18. The van der Waals surface area contributed by atoms with E-state index < -0.39 is 12.9 Å². The normalized spacial score (nSPS) is 18.8. The molecule has 0 aromatic heterocycles. The zero-order chi connectivity index (χ0) is 14.0. The fourth-order valence-electron chi connectivity index (χ4n) is 2.73. The topological polar surface area (TPSA) is 43.1 Å². The number of nitrogens with zero attached hydrogens (tertiary/aromatic N) is 1. The summed E-state index contributed by atoms with van der Waals surface area (Å²) < 4.78 is 14.7. The molecule has 2 aromatic carbocycles. The van der Waals surface area contributed by atoms with Gasteiger partial charge in [-0.2, -0.15) is 0 Å². The average molecular weight is 285 g/mol. The molecule has 2 aromatic rings. The van der Waals surface area contributed by atoms with Gasteiger partial charge in [0.2, 0.25) is 12.9 Å². The van der Waals surface area contributed by atoms with E-state index in [1.54, 1.807) is 6.21 Å². The molecule has 4 heteroatoms. The maximum atomic E-state index is 13.8. The molecule has 0 saturated heterocycles. The smallest absolute Gasteiger partial charge is 0.221 e. The number of hydrogen-bond donors (Lipinski definition) is 0. The van der Waals surface area contributed by atoms with Crippen molar-refractivity contribution < 1.29 is 9.30 Å². The quantitative estimate of drug-likeness (QED) is 0.494. The van der Waals surface area contributed by atoms with Gasteiger partial charge in [-0.1, -0.05) is 60.7 Å². The van der Waals surface area contributed by atoms with E-state index in [4.69, 9.17) is 0 Å². The molecular weight excluding hydrogens is 269 g/mol. The molecule has 0 bridgehead atoms. The molecule has 1 aliphatic rings. The van der Waals surface area contributed by atoms with Crippen LogP contribution in [0.5, 0.6) is 0 Å². The van der Waals surface area contributed by atoms with Crippen molar-refractivity contribution in [1.29, 1.82) is 0 Å². The van der Waals surface area contributed by atoms with E-state index in [1.807, 2.05) is 60.7 Å². The lowest BCUT2D eigenvalue weighted by atomic mass is 10.4. The van der Waals surface area contributed by atoms with Gasteiger partial charge in [0, 0.05) is 23.5 Å². The van der Waals surface area contributed by atoms with Gasteiger partial charge in [-0.15, -0.1) is 0 Å². The molecule has 1 atom stereocenters. The Labute approximate surface area is 118 Å². The van der Waals surface area contributed by atoms with Crippen molar-refractivity contribution in [2.75, 3.05) is 0 Å². The average Bonchev–Trinajstić information content (AvgIpc) is 2.95. The summed E-state index contributed by atoms with van der Waals surface area (Å²) in [6.07, 6.45) is 2.94. The van der Waals surface area contributed by atoms with E-state index in [0.717, 1.165) is 15.3 Å². The van der Waals surface area contributed by atoms with Crippen molar-refractivity contribution in [3.8, 4) is 0 Å². The maximum Gasteiger partial charge on any atom is 0.221 e. The fraction of sp³-hybridized carbons (Fsp3) is 0.188. The van der Waals surface area contributed by atoms with E-state index in [0.29, 0.717) is 12.8 Å². The highest BCUT2D eigenvalue weighted by atomic mass is 31.2. The van der Waals surface area contributed by atoms with Crippen molar-refractivity contribution in [3.63, 3.8) is 0 Å². The lowest BCUT2D eigenvalue weighted by Crippen LogP contribution is -2.29. The first kappa shape index (κ1) is 13.1. The highest BCUT2D eigenvalue weighted by molar-refractivity contribution is 7.79. The summed E-state index contributed by atoms with van der Waals surface area (Å²) >= 11 is 0. The highest BCUT2D eigenvalue weighted by Crippen LogP contribution is 2.51. The largest absolute Gasteiger partial charge is 0.623 e. The molecular formula is C16H16NO2P. The Kier molecular flexibility index (Phi) is 3.45. The fourth-order valence-corrected chi connectivity index (χ4v) is 5.88. The van der Waals surface area contributed by atoms with Crippen LogP contribution in [0.15, 0.2) is 60.7 Å². The van der Waals surface area contributed by atoms with Gasteiger partial charge in [-0.25, -0.2) is 4.74 Å². The molecule has 0 N–H and O–H groups in total. The SMILES string of the molecule is O=P(c1ccccc1)(c1ccccc1)C1CCC=[N+]1[O-]. The molecule has 1 aliphatic heterocycles. The molecule has 0 saturated carbocycles. The van der Waals surface area contributed by atoms with Crippen LogP contribution in [0.4, 0.5) is 0 Å². The zero-order valence-corrected chi connectivity index (χ0v) is 11.9. The Morgan fingerprint density at radius 2 is 1.45 bits per heavy atom. The Hall–Kier alpha value is -1.86. The molecule has 102 valence electrons. The van der Waals surface area contributed by atoms with E-state index in [1.165, 1.54) is 0 Å². The molecule has 0 aliphatic carbocycles. The Morgan fingerprint density at radius 3 is 1.85 bits per heavy atom. The lowest BCUT2D eigenvalue weighted by molar-refractivity contribution is -0.462. The van der Waals surface area contributed by atoms with Crippen molar-refractivity contribution in [3.05, 3.63) is 65.9 Å². The van der Waals surface area contributed by atoms with Crippen LogP contribution in [-0.4, -0.2) is 16.7 Å². The second-order valence-corrected chi connectivity index (χ2v) is 7.87. The zero-order valence-electron chi connectivity index (χ0n) is 11.1. The summed E-state index contributed by atoms with van der Waals surface area (Å²) in [6.45, 7) is 0. The molecule has 0 radical (unpaired) electrons. The van der Waals surface area contributed by atoms with Gasteiger partial charge in [0.15, 0.2) is 6.21 Å². The monoisotopic (exact) mass is 285 g/mol. The van der Waals surface area contributed by atoms with Crippen LogP contribution in [0.1, 0.15) is 12.8 Å². The van der Waals surface area contributed by atoms with Gasteiger partial charge in [0.1, 0.15) is 0 Å². The van der Waals surface area contributed by atoms with Gasteiger partial charge in [-0.05, 0) is 0 Å². The predicted octanol–water partition coefficient (Wildman–Crippen LogP) is 2.70. The van der Waals surface area contributed by atoms with Gasteiger partial charge in [0.25, 0.3) is 0 Å². The van der Waals surface area contributed by atoms with Crippen LogP contribution < -0.4 is 10.6 Å². The summed E-state index contributed by atoms with van der Waals surface area (Å²) in [5, 5.41) is 13.6. The van der Waals surface area contributed by atoms with Gasteiger partial charge >= 0.3 is 0 Å². The first-order valence-electron chi connectivity index (χ1n) is 6.72. The van der Waals surface area contributed by atoms with Gasteiger partial charge < -0.3 is 9.77 Å². The minimum atomic E-state index is -2.95. The van der Waals surface area contributed by atoms with Crippen molar-refractivity contribution in [2.45, 2.75) is 18.6 Å². The lowest BCUT2D eigenvalue weighted by Gasteiger charge is -2.24. The Bertz CT molecular complexity index is 624. The summed E-state index contributed by atoms with van der Waals surface area (Å²) in [5.41, 5.74) is 0. The Balaban J connectivity index is 2.19. The van der Waals surface area contributed by atoms with Crippen LogP contribution >= 0.6 is 7.14 Å². The number of rotatable bonds is 3. The van der Waals surface area contributed by atoms with E-state index >= 15 is 0 Å². The maximum absolute atomic E-state index is 13.8. The van der Waals surface area contributed by atoms with Crippen LogP contribution in [0, 0.1) is 5.21 Å². The standard InChI is InChI=1S/C16H16NO2P/c18-17-13-7-12-16(17)20(19,14-8-3-1-4-9-14)15-10-5-2-6-11-15/h1-6,8-11,13,16H,7,12H2. The van der Waals surface area contributed by atoms with Crippen molar-refractivity contribution in [2.24, 2.45) is 0 Å². The summed E-state index contributed by atoms with van der Waals surface area (Å²) in [4.78, 5) is 0. The second-order valence-electron chi connectivity index (χ2n) is 4.93. The molecule has 0 amide bonds. The van der Waals surface area contributed by atoms with Crippen molar-refractivity contribution >= 4 is 24.0 Å². The minimum absolute atomic E-state index is 0.479. The summed E-state index contributed by atoms with van der Waals surface area (Å²) in [5.74, 6) is -0.479. The van der Waals surface area contributed by atoms with Crippen LogP contribution in [0.25, 0.3) is 0 Å².